The van der Waals surface area contributed by atoms with E-state index in [1.54, 1.807) is 0 Å². The van der Waals surface area contributed by atoms with Gasteiger partial charge in [-0.15, -0.1) is 0 Å². The molecule has 2 atom stereocenters. The van der Waals surface area contributed by atoms with Gasteiger partial charge in [0.15, 0.2) is 6.10 Å². The van der Waals surface area contributed by atoms with E-state index in [0.29, 0.717) is 0 Å². The monoisotopic (exact) mass is 270 g/mol. The Morgan fingerprint density at radius 2 is 1.95 bits per heavy atom. The van der Waals surface area contributed by atoms with Crippen molar-refractivity contribution in [2.75, 3.05) is 20.0 Å². The van der Waals surface area contributed by atoms with Gasteiger partial charge in [0.2, 0.25) is 0 Å². The largest absolute Gasteiger partial charge is 0.467 e. The predicted octanol–water partition coefficient (Wildman–Crippen LogP) is -0.982. The van der Waals surface area contributed by atoms with Crippen LogP contribution in [-0.4, -0.2) is 47.5 Å². The number of nitrogens with zero attached hydrogens (tertiary/aromatic N) is 1. The van der Waals surface area contributed by atoms with Crippen molar-refractivity contribution >= 4 is 17.8 Å². The van der Waals surface area contributed by atoms with Gasteiger partial charge in [0.05, 0.1) is 14.2 Å². The normalized spacial score (nSPS) is 13.5. The van der Waals surface area contributed by atoms with E-state index >= 15 is 0 Å². The van der Waals surface area contributed by atoms with Gasteiger partial charge in [0, 0.05) is 11.8 Å². The Hall–Kier alpha value is -2.19. The molecule has 2 unspecified atom stereocenters. The van der Waals surface area contributed by atoms with Crippen LogP contribution in [0.25, 0.3) is 0 Å². The molecule has 0 aliphatic rings. The topological polar surface area (TPSA) is 132 Å². The maximum absolute atomic E-state index is 11.4. The summed E-state index contributed by atoms with van der Waals surface area (Å²) in [5, 5.41) is 19.3. The summed E-state index contributed by atoms with van der Waals surface area (Å²) in [4.78, 5) is 26.2. The molecule has 104 valence electrons. The molecule has 0 aliphatic carbocycles. The first kappa shape index (κ1) is 14.9. The average molecular weight is 270 g/mol. The summed E-state index contributed by atoms with van der Waals surface area (Å²) in [6.45, 7) is 0. The minimum atomic E-state index is -1.79. The molecular formula is C11H14N2O6. The maximum Gasteiger partial charge on any atom is 0.341 e. The van der Waals surface area contributed by atoms with E-state index in [-0.39, 0.29) is 16.9 Å². The molecule has 0 aromatic carbocycles. The Balaban J connectivity index is 3.08. The van der Waals surface area contributed by atoms with Crippen LogP contribution in [0.15, 0.2) is 12.3 Å². The second-order valence-electron chi connectivity index (χ2n) is 3.61. The number of hydrogen-bond donors (Lipinski definition) is 3. The first-order valence-electron chi connectivity index (χ1n) is 5.20. The van der Waals surface area contributed by atoms with Crippen LogP contribution in [0.2, 0.25) is 0 Å². The summed E-state index contributed by atoms with van der Waals surface area (Å²) in [7, 11) is 2.23. The SMILES string of the molecule is COC(=O)c1cc(C(O)C(O)C(=O)OC)cnc1N. The third kappa shape index (κ3) is 3.18. The Bertz CT molecular complexity index is 490. The fourth-order valence-corrected chi connectivity index (χ4v) is 1.36. The maximum atomic E-state index is 11.4. The highest BCUT2D eigenvalue weighted by atomic mass is 16.5. The minimum Gasteiger partial charge on any atom is -0.467 e. The number of aliphatic hydroxyl groups is 2. The van der Waals surface area contributed by atoms with Crippen molar-refractivity contribution in [2.24, 2.45) is 0 Å². The second-order valence-corrected chi connectivity index (χ2v) is 3.61. The number of esters is 2. The van der Waals surface area contributed by atoms with E-state index in [9.17, 15) is 19.8 Å². The fourth-order valence-electron chi connectivity index (χ4n) is 1.36. The number of carbonyl (C=O) groups excluding carboxylic acids is 2. The third-order valence-corrected chi connectivity index (χ3v) is 2.43. The number of aromatic nitrogens is 1. The van der Waals surface area contributed by atoms with Crippen LogP contribution in [0.3, 0.4) is 0 Å². The fraction of sp³-hybridized carbons (Fsp3) is 0.364. The Morgan fingerprint density at radius 1 is 1.32 bits per heavy atom. The number of hydrogen-bond acceptors (Lipinski definition) is 8. The minimum absolute atomic E-state index is 0.0347. The molecule has 1 aromatic rings. The van der Waals surface area contributed by atoms with Gasteiger partial charge in [0.1, 0.15) is 17.5 Å². The van der Waals surface area contributed by atoms with Crippen molar-refractivity contribution in [1.29, 1.82) is 0 Å². The van der Waals surface area contributed by atoms with Gasteiger partial charge in [-0.25, -0.2) is 14.6 Å². The summed E-state index contributed by atoms with van der Waals surface area (Å²) >= 11 is 0. The van der Waals surface area contributed by atoms with E-state index < -0.39 is 24.1 Å². The standard InChI is InChI=1S/C11H14N2O6/c1-18-10(16)6-3-5(4-13-9(6)12)7(14)8(15)11(17)19-2/h3-4,7-8,14-15H,1-2H3,(H2,12,13). The second kappa shape index (κ2) is 6.12. The lowest BCUT2D eigenvalue weighted by atomic mass is 10.0. The molecule has 0 saturated carbocycles. The summed E-state index contributed by atoms with van der Waals surface area (Å²) in [5.74, 6) is -1.84. The number of carbonyl (C=O) groups is 2. The smallest absolute Gasteiger partial charge is 0.341 e. The molecule has 1 rings (SSSR count). The zero-order chi connectivity index (χ0) is 14.6. The van der Waals surface area contributed by atoms with Crippen LogP contribution in [-0.2, 0) is 14.3 Å². The molecule has 1 aromatic heterocycles. The number of rotatable bonds is 4. The number of ether oxygens (including phenoxy) is 2. The quantitative estimate of drug-likeness (QED) is 0.594. The van der Waals surface area contributed by atoms with Crippen molar-refractivity contribution in [2.45, 2.75) is 12.2 Å². The van der Waals surface area contributed by atoms with E-state index in [4.69, 9.17) is 5.73 Å². The highest BCUT2D eigenvalue weighted by molar-refractivity contribution is 5.94. The van der Waals surface area contributed by atoms with Crippen LogP contribution < -0.4 is 5.73 Å². The highest BCUT2D eigenvalue weighted by Crippen LogP contribution is 2.21. The summed E-state index contributed by atoms with van der Waals surface area (Å²) in [6, 6.07) is 1.19. The molecule has 0 saturated heterocycles. The van der Waals surface area contributed by atoms with Crippen LogP contribution in [0.1, 0.15) is 22.0 Å². The van der Waals surface area contributed by atoms with Crippen molar-refractivity contribution in [3.8, 4) is 0 Å². The number of methoxy groups -OCH3 is 2. The number of anilines is 1. The van der Waals surface area contributed by atoms with Crippen molar-refractivity contribution < 1.29 is 29.3 Å². The number of nitrogen functional groups attached to an aromatic ring is 1. The lowest BCUT2D eigenvalue weighted by Crippen LogP contribution is -2.29. The Kier molecular flexibility index (Phi) is 4.79. The molecule has 0 bridgehead atoms. The Labute approximate surface area is 108 Å². The van der Waals surface area contributed by atoms with Gasteiger partial charge in [0.25, 0.3) is 0 Å². The zero-order valence-corrected chi connectivity index (χ0v) is 10.4. The molecule has 4 N–H and O–H groups in total. The van der Waals surface area contributed by atoms with Gasteiger partial charge < -0.3 is 25.4 Å². The molecule has 0 aliphatic heterocycles. The molecule has 8 nitrogen and oxygen atoms in total. The number of pyridine rings is 1. The van der Waals surface area contributed by atoms with Crippen LogP contribution >= 0.6 is 0 Å². The van der Waals surface area contributed by atoms with Gasteiger partial charge >= 0.3 is 11.9 Å². The van der Waals surface area contributed by atoms with E-state index in [0.717, 1.165) is 20.4 Å². The summed E-state index contributed by atoms with van der Waals surface area (Å²) < 4.78 is 8.78. The summed E-state index contributed by atoms with van der Waals surface area (Å²) in [6.07, 6.45) is -2.25. The van der Waals surface area contributed by atoms with Gasteiger partial charge in [-0.2, -0.15) is 0 Å². The molecule has 1 heterocycles. The van der Waals surface area contributed by atoms with E-state index in [2.05, 4.69) is 14.5 Å². The highest BCUT2D eigenvalue weighted by Gasteiger charge is 2.28. The molecule has 0 spiro atoms. The molecule has 0 radical (unpaired) electrons. The van der Waals surface area contributed by atoms with Gasteiger partial charge in [-0.05, 0) is 6.07 Å². The molecule has 19 heavy (non-hydrogen) atoms. The van der Waals surface area contributed by atoms with Gasteiger partial charge in [-0.3, -0.25) is 0 Å². The van der Waals surface area contributed by atoms with Crippen LogP contribution in [0, 0.1) is 0 Å². The molecule has 0 amide bonds. The van der Waals surface area contributed by atoms with Crippen LogP contribution in [0.5, 0.6) is 0 Å². The predicted molar refractivity (Wildman–Crippen MR) is 63.0 cm³/mol. The lowest BCUT2D eigenvalue weighted by Gasteiger charge is -2.16. The van der Waals surface area contributed by atoms with E-state index in [1.807, 2.05) is 0 Å². The number of aliphatic hydroxyl groups excluding tert-OH is 2. The lowest BCUT2D eigenvalue weighted by molar-refractivity contribution is -0.156. The van der Waals surface area contributed by atoms with Crippen molar-refractivity contribution in [1.82, 2.24) is 4.98 Å². The molecule has 8 heteroatoms. The first-order chi connectivity index (χ1) is 8.92. The van der Waals surface area contributed by atoms with Gasteiger partial charge in [-0.1, -0.05) is 0 Å². The first-order valence-corrected chi connectivity index (χ1v) is 5.20. The Morgan fingerprint density at radius 3 is 2.47 bits per heavy atom. The van der Waals surface area contributed by atoms with E-state index in [1.165, 1.54) is 6.07 Å². The average Bonchev–Trinajstić information content (AvgIpc) is 2.44. The molecule has 0 fully saturated rings. The summed E-state index contributed by atoms with van der Waals surface area (Å²) in [5.41, 5.74) is 5.44. The van der Waals surface area contributed by atoms with Crippen molar-refractivity contribution in [3.63, 3.8) is 0 Å². The number of nitrogens with two attached hydrogens (primary N) is 1. The van der Waals surface area contributed by atoms with Crippen LogP contribution in [0.4, 0.5) is 5.82 Å². The van der Waals surface area contributed by atoms with Crippen molar-refractivity contribution in [3.05, 3.63) is 23.4 Å². The zero-order valence-electron chi connectivity index (χ0n) is 10.4. The molecular weight excluding hydrogens is 256 g/mol. The third-order valence-electron chi connectivity index (χ3n) is 2.43.